The molecule has 2 aromatic heterocycles. The largest absolute Gasteiger partial charge is 0.441 e. The summed E-state index contributed by atoms with van der Waals surface area (Å²) >= 11 is 0. The van der Waals surface area contributed by atoms with Crippen LogP contribution in [0.4, 0.5) is 11.5 Å². The van der Waals surface area contributed by atoms with E-state index in [-0.39, 0.29) is 0 Å². The van der Waals surface area contributed by atoms with Gasteiger partial charge in [-0.3, -0.25) is 0 Å². The molecular formula is C18H14N4O. The highest BCUT2D eigenvalue weighted by molar-refractivity contribution is 5.62. The Hall–Kier alpha value is -3.13. The summed E-state index contributed by atoms with van der Waals surface area (Å²) in [5.41, 5.74) is 2.39. The van der Waals surface area contributed by atoms with E-state index in [4.69, 9.17) is 11.0 Å². The quantitative estimate of drug-likeness (QED) is 0.675. The number of benzene rings is 1. The zero-order valence-corrected chi connectivity index (χ0v) is 12.4. The Morgan fingerprint density at radius 3 is 2.96 bits per heavy atom. The number of aromatic nitrogens is 2. The van der Waals surface area contributed by atoms with Gasteiger partial charge in [0.1, 0.15) is 17.3 Å². The van der Waals surface area contributed by atoms with Crippen molar-refractivity contribution in [2.45, 2.75) is 13.0 Å². The van der Waals surface area contributed by atoms with Crippen LogP contribution in [0.2, 0.25) is 0 Å². The summed E-state index contributed by atoms with van der Waals surface area (Å²) in [6.07, 6.45) is 2.61. The summed E-state index contributed by atoms with van der Waals surface area (Å²) in [6.45, 7) is 8.67. The van der Waals surface area contributed by atoms with E-state index >= 15 is 0 Å². The van der Waals surface area contributed by atoms with Gasteiger partial charge in [-0.25, -0.2) is 14.8 Å². The first kappa shape index (κ1) is 13.5. The maximum atomic E-state index is 7.11. The zero-order chi connectivity index (χ0) is 15.6. The molecule has 1 aliphatic rings. The van der Waals surface area contributed by atoms with Crippen molar-refractivity contribution in [3.05, 3.63) is 71.5 Å². The molecule has 0 aliphatic carbocycles. The Morgan fingerprint density at radius 1 is 1.17 bits per heavy atom. The normalized spacial score (nSPS) is 13.4. The lowest BCUT2D eigenvalue weighted by Gasteiger charge is -2.26. The zero-order valence-electron chi connectivity index (χ0n) is 12.4. The molecule has 0 unspecified atom stereocenters. The average molecular weight is 302 g/mol. The van der Waals surface area contributed by atoms with Gasteiger partial charge in [-0.15, -0.1) is 0 Å². The second-order valence-electron chi connectivity index (χ2n) is 5.41. The Morgan fingerprint density at radius 2 is 2.13 bits per heavy atom. The van der Waals surface area contributed by atoms with Gasteiger partial charge in [0, 0.05) is 24.7 Å². The van der Waals surface area contributed by atoms with Crippen molar-refractivity contribution in [2.24, 2.45) is 0 Å². The number of hydrogen-bond donors (Lipinski definition) is 0. The smallest absolute Gasteiger partial charge is 0.225 e. The molecule has 23 heavy (non-hydrogen) atoms. The maximum absolute atomic E-state index is 7.11. The summed E-state index contributed by atoms with van der Waals surface area (Å²) in [7, 11) is 0. The molecule has 3 aromatic rings. The van der Waals surface area contributed by atoms with E-state index in [1.54, 1.807) is 18.3 Å². The van der Waals surface area contributed by atoms with Gasteiger partial charge in [0.15, 0.2) is 5.69 Å². The van der Waals surface area contributed by atoms with E-state index in [9.17, 15) is 0 Å². The fraction of sp³-hybridized carbons (Fsp3) is 0.167. The molecule has 0 amide bonds. The molecule has 112 valence electrons. The minimum absolute atomic E-state index is 0.586. The third-order valence-corrected chi connectivity index (χ3v) is 3.92. The fourth-order valence-corrected chi connectivity index (χ4v) is 2.77. The molecule has 0 bridgehead atoms. The Labute approximate surface area is 134 Å². The first-order valence-corrected chi connectivity index (χ1v) is 7.46. The highest BCUT2D eigenvalue weighted by atomic mass is 16.4. The molecule has 0 saturated heterocycles. The molecule has 0 N–H and O–H groups in total. The number of rotatable bonds is 2. The van der Waals surface area contributed by atoms with E-state index in [1.807, 2.05) is 30.3 Å². The maximum Gasteiger partial charge on any atom is 0.225 e. The van der Waals surface area contributed by atoms with Crippen molar-refractivity contribution < 1.29 is 4.42 Å². The monoisotopic (exact) mass is 302 g/mol. The van der Waals surface area contributed by atoms with E-state index in [0.29, 0.717) is 18.1 Å². The second-order valence-corrected chi connectivity index (χ2v) is 5.41. The van der Waals surface area contributed by atoms with Gasteiger partial charge in [-0.1, -0.05) is 24.3 Å². The van der Waals surface area contributed by atoms with Gasteiger partial charge in [-0.2, -0.15) is 0 Å². The predicted octanol–water partition coefficient (Wildman–Crippen LogP) is 3.85. The third kappa shape index (κ3) is 2.55. The lowest BCUT2D eigenvalue weighted by molar-refractivity contribution is 0.498. The minimum atomic E-state index is 0.586. The molecule has 1 aliphatic heterocycles. The first-order valence-electron chi connectivity index (χ1n) is 7.46. The second kappa shape index (κ2) is 5.58. The van der Waals surface area contributed by atoms with Crippen LogP contribution in [0, 0.1) is 6.57 Å². The molecule has 4 rings (SSSR count). The summed E-state index contributed by atoms with van der Waals surface area (Å²) in [4.78, 5) is 14.7. The topological polar surface area (TPSA) is 46.5 Å². The van der Waals surface area contributed by atoms with Crippen LogP contribution >= 0.6 is 0 Å². The molecule has 0 spiro atoms. The van der Waals surface area contributed by atoms with Crippen LogP contribution in [0.25, 0.3) is 16.3 Å². The van der Waals surface area contributed by atoms with E-state index in [2.05, 4.69) is 19.7 Å². The molecule has 1 aromatic carbocycles. The highest BCUT2D eigenvalue weighted by Crippen LogP contribution is 2.29. The third-order valence-electron chi connectivity index (χ3n) is 3.92. The Kier molecular flexibility index (Phi) is 3.28. The van der Waals surface area contributed by atoms with E-state index < -0.39 is 0 Å². The summed E-state index contributed by atoms with van der Waals surface area (Å²) in [5.74, 6) is 2.47. The molecule has 5 heteroatoms. The number of anilines is 1. The van der Waals surface area contributed by atoms with Crippen LogP contribution in [-0.4, -0.2) is 16.5 Å². The van der Waals surface area contributed by atoms with Crippen LogP contribution in [0.5, 0.6) is 0 Å². The summed E-state index contributed by atoms with van der Waals surface area (Å²) in [6, 6.07) is 13.3. The average Bonchev–Trinajstić information content (AvgIpc) is 3.06. The van der Waals surface area contributed by atoms with Gasteiger partial charge in [0.05, 0.1) is 13.1 Å². The number of nitrogens with zero attached hydrogens (tertiary/aromatic N) is 4. The molecule has 5 nitrogen and oxygen atoms in total. The van der Waals surface area contributed by atoms with Gasteiger partial charge in [-0.05, 0) is 18.2 Å². The number of fused-ring (bicyclic) bond motifs is 1. The van der Waals surface area contributed by atoms with Crippen molar-refractivity contribution in [2.75, 3.05) is 11.4 Å². The van der Waals surface area contributed by atoms with Crippen LogP contribution < -0.4 is 4.90 Å². The molecule has 3 heterocycles. The summed E-state index contributed by atoms with van der Waals surface area (Å²) in [5, 5.41) is 0. The molecule has 0 radical (unpaired) electrons. The van der Waals surface area contributed by atoms with Crippen molar-refractivity contribution in [1.82, 2.24) is 9.97 Å². The Bertz CT molecular complexity index is 880. The molecule has 0 atom stereocenters. The lowest BCUT2D eigenvalue weighted by Crippen LogP contribution is -2.30. The number of hydrogen-bond acceptors (Lipinski definition) is 4. The minimum Gasteiger partial charge on any atom is -0.441 e. The van der Waals surface area contributed by atoms with E-state index in [0.717, 1.165) is 35.8 Å². The summed E-state index contributed by atoms with van der Waals surface area (Å²) < 4.78 is 5.91. The molecule has 0 saturated carbocycles. The van der Waals surface area contributed by atoms with Gasteiger partial charge >= 0.3 is 0 Å². The molecular weight excluding hydrogens is 288 g/mol. The van der Waals surface area contributed by atoms with Gasteiger partial charge in [0.2, 0.25) is 5.89 Å². The van der Waals surface area contributed by atoms with Crippen LogP contribution in [0.1, 0.15) is 11.5 Å². The predicted molar refractivity (Wildman–Crippen MR) is 87.2 cm³/mol. The van der Waals surface area contributed by atoms with Crippen LogP contribution in [-0.2, 0) is 13.0 Å². The standard InChI is InChI=1S/C18H14N4O/c1-19-14-6-4-5-13(11-14)18-21-15-12-22(10-8-16(15)23-18)17-7-2-3-9-20-17/h2-7,9,11H,8,10,12H2. The van der Waals surface area contributed by atoms with Crippen molar-refractivity contribution in [1.29, 1.82) is 0 Å². The van der Waals surface area contributed by atoms with Gasteiger partial charge in [0.25, 0.3) is 0 Å². The number of oxazole rings is 1. The Balaban J connectivity index is 1.64. The SMILES string of the molecule is [C-]#[N+]c1cccc(-c2nc3c(o2)CCN(c2ccccn2)C3)c1. The lowest BCUT2D eigenvalue weighted by atomic mass is 10.1. The van der Waals surface area contributed by atoms with Crippen molar-refractivity contribution in [3.63, 3.8) is 0 Å². The fourth-order valence-electron chi connectivity index (χ4n) is 2.77. The van der Waals surface area contributed by atoms with Gasteiger partial charge < -0.3 is 9.32 Å². The van der Waals surface area contributed by atoms with Crippen LogP contribution in [0.15, 0.2) is 53.1 Å². The van der Waals surface area contributed by atoms with Crippen molar-refractivity contribution in [3.8, 4) is 11.5 Å². The van der Waals surface area contributed by atoms with E-state index in [1.165, 1.54) is 0 Å². The highest BCUT2D eigenvalue weighted by Gasteiger charge is 2.23. The van der Waals surface area contributed by atoms with Crippen LogP contribution in [0.3, 0.4) is 0 Å². The first-order chi connectivity index (χ1) is 11.3. The molecule has 0 fully saturated rings. The number of pyridine rings is 1. The van der Waals surface area contributed by atoms with Crippen molar-refractivity contribution >= 4 is 11.5 Å².